The van der Waals surface area contributed by atoms with Gasteiger partial charge in [-0.3, -0.25) is 0 Å². The smallest absolute Gasteiger partial charge is 0.107 e. The molecule has 0 aliphatic heterocycles. The summed E-state index contributed by atoms with van der Waals surface area (Å²) < 4.78 is 0. The Hall–Kier alpha value is -0.450. The molecule has 1 aromatic rings. The van der Waals surface area contributed by atoms with Crippen LogP contribution in [-0.4, -0.2) is 29.5 Å². The quantitative estimate of drug-likeness (QED) is 0.835. The lowest BCUT2D eigenvalue weighted by Crippen LogP contribution is -2.28. The normalized spacial score (nSPS) is 28.1. The number of nitrogens with zero attached hydrogens (tertiary/aromatic N) is 2. The molecule has 3 nitrogen and oxygen atoms in total. The molecule has 0 spiro atoms. The SMILES string of the molecule is CC(C)NCc1nc(CN(C)CC2CC3CCC2C3)cs1. The fraction of sp³-hybridized carbons (Fsp3) is 0.824. The van der Waals surface area contributed by atoms with Crippen molar-refractivity contribution in [1.82, 2.24) is 15.2 Å². The van der Waals surface area contributed by atoms with Crippen LogP contribution in [0.25, 0.3) is 0 Å². The first-order valence-electron chi connectivity index (χ1n) is 8.45. The molecule has 0 amide bonds. The van der Waals surface area contributed by atoms with Crippen LogP contribution in [0.4, 0.5) is 0 Å². The zero-order valence-corrected chi connectivity index (χ0v) is 14.5. The molecule has 1 aromatic heterocycles. The molecule has 2 aliphatic carbocycles. The molecule has 3 rings (SSSR count). The number of nitrogens with one attached hydrogen (secondary N) is 1. The topological polar surface area (TPSA) is 28.2 Å². The van der Waals surface area contributed by atoms with Crippen molar-refractivity contribution in [3.63, 3.8) is 0 Å². The molecule has 0 aromatic carbocycles. The maximum Gasteiger partial charge on any atom is 0.107 e. The minimum Gasteiger partial charge on any atom is -0.308 e. The van der Waals surface area contributed by atoms with Crippen LogP contribution in [-0.2, 0) is 13.1 Å². The van der Waals surface area contributed by atoms with E-state index in [4.69, 9.17) is 4.98 Å². The van der Waals surface area contributed by atoms with Gasteiger partial charge in [0.2, 0.25) is 0 Å². The Bertz CT molecular complexity index is 457. The molecule has 2 saturated carbocycles. The van der Waals surface area contributed by atoms with Gasteiger partial charge in [0, 0.05) is 31.1 Å². The summed E-state index contributed by atoms with van der Waals surface area (Å²) in [5.74, 6) is 3.04. The van der Waals surface area contributed by atoms with Crippen LogP contribution in [0, 0.1) is 17.8 Å². The number of thiazole rings is 1. The van der Waals surface area contributed by atoms with Crippen LogP contribution < -0.4 is 5.32 Å². The lowest BCUT2D eigenvalue weighted by Gasteiger charge is -2.26. The van der Waals surface area contributed by atoms with E-state index in [1.54, 1.807) is 11.3 Å². The predicted molar refractivity (Wildman–Crippen MR) is 89.4 cm³/mol. The van der Waals surface area contributed by atoms with Gasteiger partial charge in [-0.2, -0.15) is 0 Å². The average molecular weight is 308 g/mol. The molecule has 2 fully saturated rings. The number of fused-ring (bicyclic) bond motifs is 2. The summed E-state index contributed by atoms with van der Waals surface area (Å²) in [6, 6.07) is 0.526. The minimum absolute atomic E-state index is 0.526. The maximum absolute atomic E-state index is 4.76. The van der Waals surface area contributed by atoms with Gasteiger partial charge in [-0.1, -0.05) is 20.3 Å². The molecule has 4 heteroatoms. The van der Waals surface area contributed by atoms with Crippen molar-refractivity contribution < 1.29 is 0 Å². The van der Waals surface area contributed by atoms with Crippen LogP contribution in [0.15, 0.2) is 5.38 Å². The summed E-state index contributed by atoms with van der Waals surface area (Å²) in [5, 5.41) is 6.89. The molecule has 2 bridgehead atoms. The van der Waals surface area contributed by atoms with Crippen molar-refractivity contribution in [2.75, 3.05) is 13.6 Å². The molecule has 118 valence electrons. The Morgan fingerprint density at radius 3 is 2.90 bits per heavy atom. The molecular weight excluding hydrogens is 278 g/mol. The number of rotatable bonds is 7. The van der Waals surface area contributed by atoms with E-state index in [0.717, 1.165) is 30.8 Å². The lowest BCUT2D eigenvalue weighted by molar-refractivity contribution is 0.213. The Labute approximate surface area is 133 Å². The molecule has 1 heterocycles. The molecule has 3 unspecified atom stereocenters. The van der Waals surface area contributed by atoms with Crippen LogP contribution in [0.5, 0.6) is 0 Å². The van der Waals surface area contributed by atoms with Gasteiger partial charge < -0.3 is 10.2 Å². The van der Waals surface area contributed by atoms with Crippen molar-refractivity contribution in [3.05, 3.63) is 16.1 Å². The third kappa shape index (κ3) is 4.05. The van der Waals surface area contributed by atoms with E-state index >= 15 is 0 Å². The van der Waals surface area contributed by atoms with Crippen molar-refractivity contribution >= 4 is 11.3 Å². The monoisotopic (exact) mass is 307 g/mol. The van der Waals surface area contributed by atoms with Gasteiger partial charge in [0.1, 0.15) is 5.01 Å². The van der Waals surface area contributed by atoms with Gasteiger partial charge >= 0.3 is 0 Å². The summed E-state index contributed by atoms with van der Waals surface area (Å²) in [5.41, 5.74) is 1.24. The number of aromatic nitrogens is 1. The van der Waals surface area contributed by atoms with Crippen molar-refractivity contribution in [2.24, 2.45) is 17.8 Å². The first-order valence-corrected chi connectivity index (χ1v) is 9.33. The summed E-state index contributed by atoms with van der Waals surface area (Å²) in [6.07, 6.45) is 5.99. The Morgan fingerprint density at radius 2 is 2.24 bits per heavy atom. The second-order valence-electron chi connectivity index (χ2n) is 7.40. The first kappa shape index (κ1) is 15.4. The van der Waals surface area contributed by atoms with E-state index in [9.17, 15) is 0 Å². The highest BCUT2D eigenvalue weighted by atomic mass is 32.1. The zero-order chi connectivity index (χ0) is 14.8. The van der Waals surface area contributed by atoms with Crippen LogP contribution in [0.2, 0.25) is 0 Å². The fourth-order valence-corrected chi connectivity index (χ4v) is 4.87. The van der Waals surface area contributed by atoms with Crippen LogP contribution in [0.3, 0.4) is 0 Å². The first-order chi connectivity index (χ1) is 10.1. The summed E-state index contributed by atoms with van der Waals surface area (Å²) in [6.45, 7) is 7.53. The van der Waals surface area contributed by atoms with Crippen LogP contribution in [0.1, 0.15) is 50.2 Å². The average Bonchev–Trinajstić information content (AvgIpc) is 3.12. The molecule has 1 N–H and O–H groups in total. The van der Waals surface area contributed by atoms with Crippen molar-refractivity contribution in [1.29, 1.82) is 0 Å². The second-order valence-corrected chi connectivity index (χ2v) is 8.34. The van der Waals surface area contributed by atoms with E-state index in [2.05, 4.69) is 36.5 Å². The Balaban J connectivity index is 1.45. The van der Waals surface area contributed by atoms with Crippen molar-refractivity contribution in [2.45, 2.75) is 58.7 Å². The highest BCUT2D eigenvalue weighted by Gasteiger charge is 2.39. The highest BCUT2D eigenvalue weighted by molar-refractivity contribution is 7.09. The number of hydrogen-bond acceptors (Lipinski definition) is 4. The van der Waals surface area contributed by atoms with E-state index < -0.39 is 0 Å². The zero-order valence-electron chi connectivity index (χ0n) is 13.6. The van der Waals surface area contributed by atoms with Gasteiger partial charge in [0.05, 0.1) is 5.69 Å². The largest absolute Gasteiger partial charge is 0.308 e. The van der Waals surface area contributed by atoms with Gasteiger partial charge in [-0.15, -0.1) is 11.3 Å². The van der Waals surface area contributed by atoms with E-state index in [0.29, 0.717) is 6.04 Å². The maximum atomic E-state index is 4.76. The van der Waals surface area contributed by atoms with Gasteiger partial charge in [0.15, 0.2) is 0 Å². The summed E-state index contributed by atoms with van der Waals surface area (Å²) in [4.78, 5) is 7.25. The second kappa shape index (κ2) is 6.76. The molecule has 2 aliphatic rings. The molecule has 21 heavy (non-hydrogen) atoms. The molecule has 3 atom stereocenters. The van der Waals surface area contributed by atoms with Gasteiger partial charge in [-0.25, -0.2) is 4.98 Å². The fourth-order valence-electron chi connectivity index (χ4n) is 4.14. The van der Waals surface area contributed by atoms with E-state index in [1.165, 1.54) is 42.9 Å². The standard InChI is InChI=1S/C17H29N3S/c1-12(2)18-8-17-19-16(11-21-17)10-20(3)9-15-7-13-4-5-14(15)6-13/h11-15,18H,4-10H2,1-3H3. The van der Waals surface area contributed by atoms with Crippen molar-refractivity contribution in [3.8, 4) is 0 Å². The van der Waals surface area contributed by atoms with Gasteiger partial charge in [-0.05, 0) is 44.1 Å². The molecule has 0 radical (unpaired) electrons. The van der Waals surface area contributed by atoms with Gasteiger partial charge in [0.25, 0.3) is 0 Å². The Kier molecular flexibility index (Phi) is 4.97. The lowest BCUT2D eigenvalue weighted by atomic mass is 9.88. The number of hydrogen-bond donors (Lipinski definition) is 1. The van der Waals surface area contributed by atoms with E-state index in [-0.39, 0.29) is 0 Å². The molecular formula is C17H29N3S. The third-order valence-electron chi connectivity index (χ3n) is 5.12. The van der Waals surface area contributed by atoms with E-state index in [1.807, 2.05) is 0 Å². The highest BCUT2D eigenvalue weighted by Crippen LogP contribution is 2.48. The van der Waals surface area contributed by atoms with Crippen LogP contribution >= 0.6 is 11.3 Å². The minimum atomic E-state index is 0.526. The Morgan fingerprint density at radius 1 is 1.38 bits per heavy atom. The third-order valence-corrected chi connectivity index (χ3v) is 6.02. The summed E-state index contributed by atoms with van der Waals surface area (Å²) in [7, 11) is 2.26. The molecule has 0 saturated heterocycles. The predicted octanol–water partition coefficient (Wildman–Crippen LogP) is 3.51. The summed E-state index contributed by atoms with van der Waals surface area (Å²) >= 11 is 1.79.